The number of piperazine rings is 1. The first-order valence-corrected chi connectivity index (χ1v) is 7.36. The van der Waals surface area contributed by atoms with E-state index in [1.54, 1.807) is 37.2 Å². The second-order valence-electron chi connectivity index (χ2n) is 6.37. The van der Waals surface area contributed by atoms with Gasteiger partial charge in [-0.15, -0.1) is 0 Å². The Morgan fingerprint density at radius 2 is 1.81 bits per heavy atom. The molecule has 2 amide bonds. The van der Waals surface area contributed by atoms with Crippen LogP contribution in [0.4, 0.5) is 0 Å². The monoisotopic (exact) mass is 288 g/mol. The van der Waals surface area contributed by atoms with Crippen molar-refractivity contribution in [3.8, 4) is 0 Å². The summed E-state index contributed by atoms with van der Waals surface area (Å²) in [5.41, 5.74) is -1.59. The van der Waals surface area contributed by atoms with Crippen molar-refractivity contribution in [3.63, 3.8) is 0 Å². The van der Waals surface area contributed by atoms with E-state index >= 15 is 0 Å². The van der Waals surface area contributed by atoms with E-state index in [0.717, 1.165) is 12.8 Å². The van der Waals surface area contributed by atoms with Crippen molar-refractivity contribution >= 4 is 11.8 Å². The predicted molar refractivity (Wildman–Crippen MR) is 76.0 cm³/mol. The molecule has 0 atom stereocenters. The molecule has 1 aromatic heterocycles. The minimum atomic E-state index is -0.875. The molecule has 112 valence electrons. The van der Waals surface area contributed by atoms with Gasteiger partial charge in [-0.2, -0.15) is 0 Å². The third-order valence-corrected chi connectivity index (χ3v) is 4.49. The van der Waals surface area contributed by atoms with Crippen LogP contribution < -0.4 is 5.32 Å². The molecule has 1 saturated heterocycles. The molecule has 1 aliphatic heterocycles. The lowest BCUT2D eigenvalue weighted by Crippen LogP contribution is -2.73. The highest BCUT2D eigenvalue weighted by Crippen LogP contribution is 2.40. The molecule has 0 radical (unpaired) electrons. The maximum absolute atomic E-state index is 12.8. The zero-order valence-corrected chi connectivity index (χ0v) is 12.4. The normalized spacial score (nSPS) is 23.4. The van der Waals surface area contributed by atoms with E-state index in [2.05, 4.69) is 15.3 Å². The highest BCUT2D eigenvalue weighted by atomic mass is 16.2. The van der Waals surface area contributed by atoms with Gasteiger partial charge in [-0.1, -0.05) is 12.8 Å². The second kappa shape index (κ2) is 4.79. The Morgan fingerprint density at radius 3 is 2.43 bits per heavy atom. The molecule has 1 spiro atoms. The van der Waals surface area contributed by atoms with Gasteiger partial charge >= 0.3 is 0 Å². The third kappa shape index (κ3) is 2.18. The first-order valence-electron chi connectivity index (χ1n) is 7.36. The summed E-state index contributed by atoms with van der Waals surface area (Å²) in [7, 11) is 0. The Kier molecular flexibility index (Phi) is 3.19. The molecule has 0 unspecified atom stereocenters. The zero-order chi connectivity index (χ0) is 15.1. The summed E-state index contributed by atoms with van der Waals surface area (Å²) in [4.78, 5) is 35.5. The van der Waals surface area contributed by atoms with E-state index in [1.165, 1.54) is 0 Å². The summed E-state index contributed by atoms with van der Waals surface area (Å²) >= 11 is 0. The van der Waals surface area contributed by atoms with Crippen LogP contribution in [-0.2, 0) is 16.1 Å². The van der Waals surface area contributed by atoms with Crippen molar-refractivity contribution in [1.29, 1.82) is 0 Å². The minimum Gasteiger partial charge on any atom is -0.340 e. The van der Waals surface area contributed by atoms with Gasteiger partial charge in [0.1, 0.15) is 16.9 Å². The number of carbonyl (C=O) groups excluding carboxylic acids is 2. The lowest BCUT2D eigenvalue weighted by molar-refractivity contribution is -0.162. The first kappa shape index (κ1) is 14.0. The number of hydrogen-bond donors (Lipinski definition) is 1. The van der Waals surface area contributed by atoms with Gasteiger partial charge in [0, 0.05) is 12.4 Å². The maximum Gasteiger partial charge on any atom is 0.249 e. The Bertz CT molecular complexity index is 564. The van der Waals surface area contributed by atoms with Gasteiger partial charge in [-0.25, -0.2) is 9.97 Å². The number of aromatic nitrogens is 2. The van der Waals surface area contributed by atoms with Crippen LogP contribution in [0.1, 0.15) is 45.4 Å². The van der Waals surface area contributed by atoms with Crippen LogP contribution in [0.25, 0.3) is 0 Å². The highest BCUT2D eigenvalue weighted by molar-refractivity contribution is 6.02. The van der Waals surface area contributed by atoms with Crippen LogP contribution >= 0.6 is 0 Å². The molecular weight excluding hydrogens is 268 g/mol. The summed E-state index contributed by atoms with van der Waals surface area (Å²) in [6.45, 7) is 3.78. The van der Waals surface area contributed by atoms with Gasteiger partial charge in [-0.3, -0.25) is 9.59 Å². The van der Waals surface area contributed by atoms with Crippen LogP contribution in [0.5, 0.6) is 0 Å². The maximum atomic E-state index is 12.8. The standard InChI is InChI=1S/C15H20N4O2/c1-14(2)13(21)19(10-11-16-8-5-9-17-11)15(12(20)18-14)6-3-4-7-15/h5,8-9H,3-4,6-7,10H2,1-2H3,(H,18,20). The topological polar surface area (TPSA) is 75.2 Å². The number of hydrogen-bond acceptors (Lipinski definition) is 4. The molecular formula is C15H20N4O2. The van der Waals surface area contributed by atoms with Crippen molar-refractivity contribution in [2.24, 2.45) is 0 Å². The molecule has 1 saturated carbocycles. The third-order valence-electron chi connectivity index (χ3n) is 4.49. The molecule has 6 heteroatoms. The Morgan fingerprint density at radius 1 is 1.19 bits per heavy atom. The van der Waals surface area contributed by atoms with Gasteiger partial charge in [0.25, 0.3) is 0 Å². The lowest BCUT2D eigenvalue weighted by atomic mass is 9.85. The van der Waals surface area contributed by atoms with E-state index in [4.69, 9.17) is 0 Å². The summed E-state index contributed by atoms with van der Waals surface area (Å²) in [6.07, 6.45) is 6.67. The van der Waals surface area contributed by atoms with Gasteiger partial charge in [-0.05, 0) is 32.8 Å². The van der Waals surface area contributed by atoms with Gasteiger partial charge in [0.15, 0.2) is 0 Å². The van der Waals surface area contributed by atoms with Gasteiger partial charge in [0.2, 0.25) is 11.8 Å². The molecule has 6 nitrogen and oxygen atoms in total. The van der Waals surface area contributed by atoms with E-state index < -0.39 is 11.1 Å². The zero-order valence-electron chi connectivity index (χ0n) is 12.4. The average Bonchev–Trinajstić information content (AvgIpc) is 2.94. The fraction of sp³-hybridized carbons (Fsp3) is 0.600. The first-order chi connectivity index (χ1) is 9.96. The average molecular weight is 288 g/mol. The minimum absolute atomic E-state index is 0.0412. The van der Waals surface area contributed by atoms with Crippen molar-refractivity contribution in [3.05, 3.63) is 24.3 Å². The number of nitrogens with one attached hydrogen (secondary N) is 1. The fourth-order valence-corrected chi connectivity index (χ4v) is 3.34. The van der Waals surface area contributed by atoms with E-state index in [-0.39, 0.29) is 18.4 Å². The summed E-state index contributed by atoms with van der Waals surface area (Å²) in [5, 5.41) is 2.88. The van der Waals surface area contributed by atoms with Crippen molar-refractivity contribution < 1.29 is 9.59 Å². The molecule has 0 bridgehead atoms. The molecule has 0 aromatic carbocycles. The van der Waals surface area contributed by atoms with Crippen LogP contribution in [0.15, 0.2) is 18.5 Å². The highest BCUT2D eigenvalue weighted by Gasteiger charge is 2.56. The van der Waals surface area contributed by atoms with Crippen molar-refractivity contribution in [2.45, 2.75) is 57.2 Å². The van der Waals surface area contributed by atoms with Crippen LogP contribution in [0, 0.1) is 0 Å². The number of amides is 2. The summed E-state index contributed by atoms with van der Waals surface area (Å²) < 4.78 is 0. The van der Waals surface area contributed by atoms with Crippen molar-refractivity contribution in [1.82, 2.24) is 20.2 Å². The fourth-order valence-electron chi connectivity index (χ4n) is 3.34. The number of nitrogens with zero attached hydrogens (tertiary/aromatic N) is 3. The quantitative estimate of drug-likeness (QED) is 0.882. The Balaban J connectivity index is 1.98. The van der Waals surface area contributed by atoms with E-state index in [0.29, 0.717) is 18.7 Å². The smallest absolute Gasteiger partial charge is 0.249 e. The Labute approximate surface area is 124 Å². The summed E-state index contributed by atoms with van der Waals surface area (Å²) in [5.74, 6) is 0.472. The molecule has 2 aliphatic rings. The van der Waals surface area contributed by atoms with Crippen LogP contribution in [-0.4, -0.2) is 37.8 Å². The molecule has 3 rings (SSSR count). The molecule has 21 heavy (non-hydrogen) atoms. The molecule has 2 fully saturated rings. The van der Waals surface area contributed by atoms with Gasteiger partial charge in [0.05, 0.1) is 6.54 Å². The predicted octanol–water partition coefficient (Wildman–Crippen LogP) is 1.03. The van der Waals surface area contributed by atoms with Gasteiger partial charge < -0.3 is 10.2 Å². The van der Waals surface area contributed by atoms with Crippen LogP contribution in [0.2, 0.25) is 0 Å². The van der Waals surface area contributed by atoms with E-state index in [9.17, 15) is 9.59 Å². The molecule has 1 N–H and O–H groups in total. The van der Waals surface area contributed by atoms with Crippen LogP contribution in [0.3, 0.4) is 0 Å². The molecule has 2 heterocycles. The Hall–Kier alpha value is -1.98. The van der Waals surface area contributed by atoms with Crippen molar-refractivity contribution in [2.75, 3.05) is 0 Å². The molecule has 1 aromatic rings. The van der Waals surface area contributed by atoms with E-state index in [1.807, 2.05) is 0 Å². The number of carbonyl (C=O) groups is 2. The SMILES string of the molecule is CC1(C)NC(=O)C2(CCCC2)N(Cc2ncccn2)C1=O. The largest absolute Gasteiger partial charge is 0.340 e. The second-order valence-corrected chi connectivity index (χ2v) is 6.37. The molecule has 1 aliphatic carbocycles. The lowest BCUT2D eigenvalue weighted by Gasteiger charge is -2.49. The summed E-state index contributed by atoms with van der Waals surface area (Å²) in [6, 6.07) is 1.74. The number of rotatable bonds is 2.